The van der Waals surface area contributed by atoms with Gasteiger partial charge in [-0.05, 0) is 24.5 Å². The van der Waals surface area contributed by atoms with E-state index in [2.05, 4.69) is 10.3 Å². The summed E-state index contributed by atoms with van der Waals surface area (Å²) >= 11 is 0. The molecule has 5 nitrogen and oxygen atoms in total. The van der Waals surface area contributed by atoms with Crippen LogP contribution in [0.25, 0.3) is 0 Å². The second-order valence-electron chi connectivity index (χ2n) is 4.10. The van der Waals surface area contributed by atoms with Crippen LogP contribution in [0.4, 0.5) is 0 Å². The number of aromatic nitrogens is 1. The molecule has 1 heterocycles. The number of aromatic amines is 1. The first-order chi connectivity index (χ1) is 8.63. The molecule has 0 unspecified atom stereocenters. The Hall–Kier alpha value is -1.62. The van der Waals surface area contributed by atoms with Crippen LogP contribution in [0.5, 0.6) is 0 Å². The normalized spacial score (nSPS) is 10.4. The molecule has 5 heteroatoms. The van der Waals surface area contributed by atoms with Crippen molar-refractivity contribution < 1.29 is 9.90 Å². The topological polar surface area (TPSA) is 82.2 Å². The molecular weight excluding hydrogens is 232 g/mol. The van der Waals surface area contributed by atoms with Crippen molar-refractivity contribution in [2.24, 2.45) is 0 Å². The fourth-order valence-electron chi connectivity index (χ4n) is 1.83. The molecule has 1 aromatic rings. The molecule has 0 saturated heterocycles. The number of carbonyl (C=O) groups excluding carboxylic acids is 1. The van der Waals surface area contributed by atoms with E-state index >= 15 is 0 Å². The Morgan fingerprint density at radius 2 is 2.17 bits per heavy atom. The van der Waals surface area contributed by atoms with Crippen molar-refractivity contribution in [3.05, 3.63) is 33.2 Å². The Morgan fingerprint density at radius 1 is 1.44 bits per heavy atom. The van der Waals surface area contributed by atoms with E-state index in [9.17, 15) is 9.59 Å². The zero-order chi connectivity index (χ0) is 13.5. The van der Waals surface area contributed by atoms with Crippen LogP contribution >= 0.6 is 0 Å². The van der Waals surface area contributed by atoms with Gasteiger partial charge in [0.25, 0.3) is 11.5 Å². The van der Waals surface area contributed by atoms with Gasteiger partial charge in [-0.15, -0.1) is 0 Å². The number of aliphatic hydroxyl groups is 1. The molecule has 3 N–H and O–H groups in total. The molecule has 18 heavy (non-hydrogen) atoms. The molecule has 0 atom stereocenters. The molecule has 0 radical (unpaired) electrons. The summed E-state index contributed by atoms with van der Waals surface area (Å²) in [5.41, 5.74) is 1.64. The van der Waals surface area contributed by atoms with Gasteiger partial charge in [0.05, 0.1) is 6.61 Å². The minimum atomic E-state index is -0.442. The maximum absolute atomic E-state index is 11.8. The van der Waals surface area contributed by atoms with E-state index in [1.54, 1.807) is 6.07 Å². The summed E-state index contributed by atoms with van der Waals surface area (Å²) in [5.74, 6) is -0.442. The molecule has 0 spiro atoms. The van der Waals surface area contributed by atoms with E-state index in [0.29, 0.717) is 0 Å². The van der Waals surface area contributed by atoms with Crippen LogP contribution in [0, 0.1) is 0 Å². The molecule has 0 aliphatic rings. The van der Waals surface area contributed by atoms with Crippen LogP contribution in [0.1, 0.15) is 41.9 Å². The van der Waals surface area contributed by atoms with E-state index < -0.39 is 5.91 Å². The van der Waals surface area contributed by atoms with Crippen LogP contribution < -0.4 is 10.9 Å². The van der Waals surface area contributed by atoms with Crippen molar-refractivity contribution in [2.75, 3.05) is 13.2 Å². The van der Waals surface area contributed by atoms with Gasteiger partial charge in [-0.3, -0.25) is 9.59 Å². The lowest BCUT2D eigenvalue weighted by Gasteiger charge is -2.09. The summed E-state index contributed by atoms with van der Waals surface area (Å²) in [7, 11) is 0. The number of carbonyl (C=O) groups is 1. The third-order valence-corrected chi connectivity index (χ3v) is 2.74. The predicted molar refractivity (Wildman–Crippen MR) is 69.9 cm³/mol. The van der Waals surface area contributed by atoms with Gasteiger partial charge in [-0.1, -0.05) is 20.3 Å². The minimum Gasteiger partial charge on any atom is -0.395 e. The molecule has 1 amide bonds. The van der Waals surface area contributed by atoms with Crippen molar-refractivity contribution in [1.29, 1.82) is 0 Å². The van der Waals surface area contributed by atoms with Gasteiger partial charge in [0.2, 0.25) is 0 Å². The van der Waals surface area contributed by atoms with Crippen LogP contribution in [0.3, 0.4) is 0 Å². The van der Waals surface area contributed by atoms with E-state index in [-0.39, 0.29) is 24.3 Å². The van der Waals surface area contributed by atoms with Gasteiger partial charge in [0, 0.05) is 12.2 Å². The molecule has 0 aromatic carbocycles. The van der Waals surface area contributed by atoms with Crippen LogP contribution in [-0.4, -0.2) is 29.1 Å². The van der Waals surface area contributed by atoms with E-state index in [1.165, 1.54) is 0 Å². The van der Waals surface area contributed by atoms with E-state index in [1.807, 2.05) is 13.8 Å². The number of aryl methyl sites for hydroxylation is 2. The predicted octanol–water partition coefficient (Wildman–Crippen LogP) is 0.612. The van der Waals surface area contributed by atoms with E-state index in [0.717, 1.165) is 30.5 Å². The Kier molecular flexibility index (Phi) is 5.58. The Morgan fingerprint density at radius 3 is 2.72 bits per heavy atom. The number of pyridine rings is 1. The third kappa shape index (κ3) is 3.43. The quantitative estimate of drug-likeness (QED) is 0.694. The average molecular weight is 252 g/mol. The third-order valence-electron chi connectivity index (χ3n) is 2.74. The lowest BCUT2D eigenvalue weighted by atomic mass is 10.0. The number of aliphatic hydroxyl groups excluding tert-OH is 1. The Balaban J connectivity index is 3.07. The molecule has 0 bridgehead atoms. The van der Waals surface area contributed by atoms with Crippen molar-refractivity contribution >= 4 is 5.91 Å². The van der Waals surface area contributed by atoms with Crippen molar-refractivity contribution in [3.8, 4) is 0 Å². The molecule has 1 aromatic heterocycles. The van der Waals surface area contributed by atoms with Crippen LogP contribution in [0.2, 0.25) is 0 Å². The molecule has 1 rings (SSSR count). The minimum absolute atomic E-state index is 0.111. The summed E-state index contributed by atoms with van der Waals surface area (Å²) in [6, 6.07) is 1.65. The Bertz CT molecular complexity index is 466. The summed E-state index contributed by atoms with van der Waals surface area (Å²) in [4.78, 5) is 26.3. The highest BCUT2D eigenvalue weighted by molar-refractivity contribution is 5.94. The number of hydrogen-bond acceptors (Lipinski definition) is 3. The number of hydrogen-bond donors (Lipinski definition) is 3. The maximum atomic E-state index is 11.8. The summed E-state index contributed by atoms with van der Waals surface area (Å²) in [5, 5.41) is 11.1. The van der Waals surface area contributed by atoms with Crippen molar-refractivity contribution in [1.82, 2.24) is 10.3 Å². The van der Waals surface area contributed by atoms with Gasteiger partial charge in [0.15, 0.2) is 0 Å². The average Bonchev–Trinajstić information content (AvgIpc) is 2.36. The zero-order valence-electron chi connectivity index (χ0n) is 10.9. The number of rotatable bonds is 6. The van der Waals surface area contributed by atoms with Gasteiger partial charge < -0.3 is 15.4 Å². The number of H-pyrrole nitrogens is 1. The van der Waals surface area contributed by atoms with Crippen molar-refractivity contribution in [3.63, 3.8) is 0 Å². The fourth-order valence-corrected chi connectivity index (χ4v) is 1.83. The first-order valence-electron chi connectivity index (χ1n) is 6.28. The lowest BCUT2D eigenvalue weighted by Crippen LogP contribution is -2.32. The largest absolute Gasteiger partial charge is 0.395 e. The van der Waals surface area contributed by atoms with Gasteiger partial charge in [-0.25, -0.2) is 0 Å². The molecule has 100 valence electrons. The second kappa shape index (κ2) is 6.96. The summed E-state index contributed by atoms with van der Waals surface area (Å²) in [6.45, 7) is 4.04. The smallest absolute Gasteiger partial charge is 0.261 e. The molecule has 0 aliphatic carbocycles. The Labute approximate surface area is 106 Å². The first kappa shape index (κ1) is 14.4. The summed E-state index contributed by atoms with van der Waals surface area (Å²) < 4.78 is 0. The van der Waals surface area contributed by atoms with Crippen LogP contribution in [0.15, 0.2) is 10.9 Å². The van der Waals surface area contributed by atoms with Crippen LogP contribution in [-0.2, 0) is 12.8 Å². The highest BCUT2D eigenvalue weighted by Crippen LogP contribution is 2.09. The SMILES string of the molecule is CCCc1[nH]c(=O)c(C(=O)NCCO)cc1CC. The molecule has 0 aliphatic heterocycles. The zero-order valence-corrected chi connectivity index (χ0v) is 10.9. The van der Waals surface area contributed by atoms with Gasteiger partial charge in [0.1, 0.15) is 5.56 Å². The van der Waals surface area contributed by atoms with E-state index in [4.69, 9.17) is 5.11 Å². The van der Waals surface area contributed by atoms with Gasteiger partial charge in [-0.2, -0.15) is 0 Å². The number of amides is 1. The lowest BCUT2D eigenvalue weighted by molar-refractivity contribution is 0.0943. The molecular formula is C13H20N2O3. The summed E-state index contributed by atoms with van der Waals surface area (Å²) in [6.07, 6.45) is 2.52. The van der Waals surface area contributed by atoms with Gasteiger partial charge >= 0.3 is 0 Å². The monoisotopic (exact) mass is 252 g/mol. The highest BCUT2D eigenvalue weighted by Gasteiger charge is 2.13. The molecule has 0 saturated carbocycles. The molecule has 0 fully saturated rings. The van der Waals surface area contributed by atoms with Crippen molar-refractivity contribution in [2.45, 2.75) is 33.1 Å². The first-order valence-corrected chi connectivity index (χ1v) is 6.28. The highest BCUT2D eigenvalue weighted by atomic mass is 16.3. The number of nitrogens with one attached hydrogen (secondary N) is 2. The standard InChI is InChI=1S/C13H20N2O3/c1-3-5-11-9(4-2)8-10(13(18)15-11)12(17)14-6-7-16/h8,16H,3-7H2,1-2H3,(H,14,17)(H,15,18). The second-order valence-corrected chi connectivity index (χ2v) is 4.10. The maximum Gasteiger partial charge on any atom is 0.261 e. The fraction of sp³-hybridized carbons (Fsp3) is 0.538.